The number of nitrogens with zero attached hydrogens (tertiary/aromatic N) is 2. The molecule has 0 N–H and O–H groups in total. The van der Waals surface area contributed by atoms with E-state index in [4.69, 9.17) is 9.47 Å². The van der Waals surface area contributed by atoms with Crippen molar-refractivity contribution >= 4 is 5.91 Å². The number of carbonyl (C=O) groups is 1. The lowest BCUT2D eigenvalue weighted by molar-refractivity contribution is -0.141. The molecular formula is C21H30N2O3. The molecule has 26 heavy (non-hydrogen) atoms. The summed E-state index contributed by atoms with van der Waals surface area (Å²) in [6.07, 6.45) is 6.12. The van der Waals surface area contributed by atoms with Crippen LogP contribution < -0.4 is 9.47 Å². The third kappa shape index (κ3) is 3.41. The largest absolute Gasteiger partial charge is 0.497 e. The van der Waals surface area contributed by atoms with Gasteiger partial charge in [-0.3, -0.25) is 9.69 Å². The van der Waals surface area contributed by atoms with Gasteiger partial charge in [0.1, 0.15) is 11.5 Å². The SMILES string of the molecule is COc1ccc(OC)c(CN2C[C@H]3CC[C@@H](C2)N(CC2CCC2)C3=O)c1. The highest BCUT2D eigenvalue weighted by Crippen LogP contribution is 2.35. The summed E-state index contributed by atoms with van der Waals surface area (Å²) in [5.74, 6) is 3.03. The number of rotatable bonds is 6. The smallest absolute Gasteiger partial charge is 0.227 e. The highest BCUT2D eigenvalue weighted by molar-refractivity contribution is 5.80. The van der Waals surface area contributed by atoms with Gasteiger partial charge in [0, 0.05) is 37.8 Å². The van der Waals surface area contributed by atoms with Crippen LogP contribution in [0.2, 0.25) is 0 Å². The summed E-state index contributed by atoms with van der Waals surface area (Å²) in [6, 6.07) is 6.32. The van der Waals surface area contributed by atoms with Gasteiger partial charge in [-0.05, 0) is 49.8 Å². The zero-order valence-electron chi connectivity index (χ0n) is 15.9. The van der Waals surface area contributed by atoms with Crippen molar-refractivity contribution in [2.45, 2.75) is 44.7 Å². The quantitative estimate of drug-likeness (QED) is 0.784. The monoisotopic (exact) mass is 358 g/mol. The number of hydrogen-bond donors (Lipinski definition) is 0. The second kappa shape index (κ2) is 7.47. The summed E-state index contributed by atoms with van der Waals surface area (Å²) in [7, 11) is 3.40. The molecule has 0 radical (unpaired) electrons. The Morgan fingerprint density at radius 3 is 2.62 bits per heavy atom. The molecule has 5 nitrogen and oxygen atoms in total. The predicted octanol–water partition coefficient (Wildman–Crippen LogP) is 2.93. The minimum Gasteiger partial charge on any atom is -0.497 e. The van der Waals surface area contributed by atoms with E-state index in [2.05, 4.69) is 15.9 Å². The average Bonchev–Trinajstić information content (AvgIpc) is 2.88. The first-order chi connectivity index (χ1) is 12.7. The molecule has 4 fully saturated rings. The van der Waals surface area contributed by atoms with Crippen molar-refractivity contribution in [2.24, 2.45) is 11.8 Å². The minimum absolute atomic E-state index is 0.158. The number of piperidine rings is 1. The molecule has 5 rings (SSSR count). The maximum absolute atomic E-state index is 13.0. The Hall–Kier alpha value is -1.75. The molecule has 0 spiro atoms. The molecule has 3 saturated heterocycles. The highest BCUT2D eigenvalue weighted by atomic mass is 16.5. The van der Waals surface area contributed by atoms with Gasteiger partial charge in [0.05, 0.1) is 20.1 Å². The fourth-order valence-corrected chi connectivity index (χ4v) is 4.70. The first-order valence-corrected chi connectivity index (χ1v) is 9.91. The molecule has 1 aromatic carbocycles. The van der Waals surface area contributed by atoms with Gasteiger partial charge in [0.2, 0.25) is 5.91 Å². The Labute approximate surface area is 156 Å². The average molecular weight is 358 g/mol. The zero-order chi connectivity index (χ0) is 18.1. The number of hydrogen-bond acceptors (Lipinski definition) is 4. The third-order valence-corrected chi connectivity index (χ3v) is 6.43. The lowest BCUT2D eigenvalue weighted by Gasteiger charge is -2.40. The minimum atomic E-state index is 0.158. The van der Waals surface area contributed by atoms with Crippen molar-refractivity contribution < 1.29 is 14.3 Å². The van der Waals surface area contributed by atoms with Crippen molar-refractivity contribution in [1.82, 2.24) is 9.80 Å². The van der Waals surface area contributed by atoms with Crippen LogP contribution in [0.25, 0.3) is 0 Å². The standard InChI is InChI=1S/C21H30N2O3/c1-25-19-8-9-20(26-2)17(10-19)13-22-12-16-6-7-18(14-22)23(21(16)24)11-15-4-3-5-15/h8-10,15-16,18H,3-7,11-14H2,1-2H3/t16-,18+/m1/s1. The summed E-state index contributed by atoms with van der Waals surface area (Å²) in [6.45, 7) is 3.61. The number of amides is 1. The van der Waals surface area contributed by atoms with Crippen LogP contribution in [-0.2, 0) is 11.3 Å². The Morgan fingerprint density at radius 2 is 1.92 bits per heavy atom. The van der Waals surface area contributed by atoms with Crippen LogP contribution in [0.4, 0.5) is 0 Å². The Morgan fingerprint density at radius 1 is 1.08 bits per heavy atom. The van der Waals surface area contributed by atoms with E-state index in [0.29, 0.717) is 11.9 Å². The summed E-state index contributed by atoms with van der Waals surface area (Å²) < 4.78 is 10.9. The van der Waals surface area contributed by atoms with E-state index in [-0.39, 0.29) is 5.92 Å². The molecule has 5 heteroatoms. The molecule has 0 aromatic heterocycles. The summed E-state index contributed by atoms with van der Waals surface area (Å²) in [5.41, 5.74) is 1.13. The normalized spacial score (nSPS) is 26.5. The Bertz CT molecular complexity index is 659. The van der Waals surface area contributed by atoms with Crippen molar-refractivity contribution in [3.05, 3.63) is 23.8 Å². The van der Waals surface area contributed by atoms with E-state index >= 15 is 0 Å². The fourth-order valence-electron chi connectivity index (χ4n) is 4.70. The van der Waals surface area contributed by atoms with E-state index in [1.165, 1.54) is 19.3 Å². The van der Waals surface area contributed by atoms with E-state index in [1.807, 2.05) is 12.1 Å². The first-order valence-electron chi connectivity index (χ1n) is 9.91. The molecule has 3 heterocycles. The zero-order valence-corrected chi connectivity index (χ0v) is 15.9. The maximum Gasteiger partial charge on any atom is 0.227 e. The second-order valence-corrected chi connectivity index (χ2v) is 8.09. The molecule has 1 aromatic rings. The number of methoxy groups -OCH3 is 2. The van der Waals surface area contributed by atoms with Crippen LogP contribution in [0, 0.1) is 11.8 Å². The van der Waals surface area contributed by atoms with E-state index in [9.17, 15) is 4.79 Å². The highest BCUT2D eigenvalue weighted by Gasteiger charge is 2.41. The Kier molecular flexibility index (Phi) is 5.07. The number of fused-ring (bicyclic) bond motifs is 4. The van der Waals surface area contributed by atoms with Gasteiger partial charge in [0.25, 0.3) is 0 Å². The van der Waals surface area contributed by atoms with Crippen LogP contribution in [0.15, 0.2) is 18.2 Å². The molecule has 0 unspecified atom stereocenters. The summed E-state index contributed by atoms with van der Waals surface area (Å²) in [5, 5.41) is 0. The van der Waals surface area contributed by atoms with Gasteiger partial charge < -0.3 is 14.4 Å². The van der Waals surface area contributed by atoms with Gasteiger partial charge in [-0.25, -0.2) is 0 Å². The predicted molar refractivity (Wildman–Crippen MR) is 100 cm³/mol. The summed E-state index contributed by atoms with van der Waals surface area (Å²) in [4.78, 5) is 17.6. The van der Waals surface area contributed by atoms with Crippen molar-refractivity contribution in [3.63, 3.8) is 0 Å². The number of benzene rings is 1. The van der Waals surface area contributed by atoms with E-state index in [1.54, 1.807) is 14.2 Å². The van der Waals surface area contributed by atoms with Crippen LogP contribution in [0.5, 0.6) is 11.5 Å². The van der Waals surface area contributed by atoms with Crippen LogP contribution >= 0.6 is 0 Å². The van der Waals surface area contributed by atoms with Gasteiger partial charge in [-0.1, -0.05) is 6.42 Å². The molecule has 3 aliphatic heterocycles. The lowest BCUT2D eigenvalue weighted by atomic mass is 9.83. The number of ether oxygens (including phenoxy) is 2. The van der Waals surface area contributed by atoms with Crippen LogP contribution in [0.1, 0.15) is 37.7 Å². The second-order valence-electron chi connectivity index (χ2n) is 8.09. The van der Waals surface area contributed by atoms with Gasteiger partial charge in [-0.2, -0.15) is 0 Å². The number of carbonyl (C=O) groups excluding carboxylic acids is 1. The van der Waals surface area contributed by atoms with Crippen molar-refractivity contribution in [2.75, 3.05) is 33.9 Å². The van der Waals surface area contributed by atoms with Crippen molar-refractivity contribution in [1.29, 1.82) is 0 Å². The molecule has 1 saturated carbocycles. The molecule has 2 bridgehead atoms. The van der Waals surface area contributed by atoms with Crippen LogP contribution in [0.3, 0.4) is 0 Å². The molecule has 4 aliphatic rings. The molecule has 2 atom stereocenters. The topological polar surface area (TPSA) is 42.0 Å². The molecular weight excluding hydrogens is 328 g/mol. The lowest BCUT2D eigenvalue weighted by Crippen LogP contribution is -2.50. The van der Waals surface area contributed by atoms with Crippen molar-refractivity contribution in [3.8, 4) is 11.5 Å². The maximum atomic E-state index is 13.0. The molecule has 142 valence electrons. The fraction of sp³-hybridized carbons (Fsp3) is 0.667. The van der Waals surface area contributed by atoms with E-state index in [0.717, 1.165) is 62.0 Å². The molecule has 1 aliphatic carbocycles. The first kappa shape index (κ1) is 17.7. The van der Waals surface area contributed by atoms with Gasteiger partial charge in [-0.15, -0.1) is 0 Å². The van der Waals surface area contributed by atoms with Gasteiger partial charge in [0.15, 0.2) is 0 Å². The Balaban J connectivity index is 1.50. The van der Waals surface area contributed by atoms with Gasteiger partial charge >= 0.3 is 0 Å². The summed E-state index contributed by atoms with van der Waals surface area (Å²) >= 11 is 0. The third-order valence-electron chi connectivity index (χ3n) is 6.43. The van der Waals surface area contributed by atoms with E-state index < -0.39 is 0 Å². The molecule has 1 amide bonds. The van der Waals surface area contributed by atoms with Crippen LogP contribution in [-0.4, -0.2) is 55.6 Å².